The predicted molar refractivity (Wildman–Crippen MR) is 66.0 cm³/mol. The smallest absolute Gasteiger partial charge is 0.328 e. The zero-order valence-electron chi connectivity index (χ0n) is 10.0. The van der Waals surface area contributed by atoms with E-state index in [9.17, 15) is 9.59 Å². The number of aromatic nitrogens is 1. The van der Waals surface area contributed by atoms with Crippen molar-refractivity contribution in [3.63, 3.8) is 0 Å². The third kappa shape index (κ3) is 2.94. The summed E-state index contributed by atoms with van der Waals surface area (Å²) >= 11 is 0. The molecule has 0 atom stereocenters. The van der Waals surface area contributed by atoms with E-state index in [0.29, 0.717) is 5.56 Å². The Morgan fingerprint density at radius 2 is 2.22 bits per heavy atom. The van der Waals surface area contributed by atoms with Gasteiger partial charge in [0.15, 0.2) is 0 Å². The van der Waals surface area contributed by atoms with Gasteiger partial charge in [0.25, 0.3) is 5.91 Å². The van der Waals surface area contributed by atoms with Gasteiger partial charge in [-0.05, 0) is 31.9 Å². The first kappa shape index (κ1) is 12.3. The SMILES string of the molecule is CC1(NC(=O)c2ncccc2/C=C/C(=O)O)CC1. The van der Waals surface area contributed by atoms with Gasteiger partial charge in [-0.3, -0.25) is 9.78 Å². The lowest BCUT2D eigenvalue weighted by atomic mass is 10.1. The van der Waals surface area contributed by atoms with E-state index in [0.717, 1.165) is 18.9 Å². The number of aliphatic carboxylic acids is 1. The van der Waals surface area contributed by atoms with Gasteiger partial charge in [-0.1, -0.05) is 6.07 Å². The van der Waals surface area contributed by atoms with Crippen molar-refractivity contribution in [3.8, 4) is 0 Å². The summed E-state index contributed by atoms with van der Waals surface area (Å²) in [5.74, 6) is -1.32. The Morgan fingerprint density at radius 3 is 2.83 bits per heavy atom. The quantitative estimate of drug-likeness (QED) is 0.788. The normalized spacial score (nSPS) is 16.5. The van der Waals surface area contributed by atoms with Crippen molar-refractivity contribution in [1.29, 1.82) is 0 Å². The van der Waals surface area contributed by atoms with Crippen LogP contribution in [0.2, 0.25) is 0 Å². The van der Waals surface area contributed by atoms with Gasteiger partial charge in [0.05, 0.1) is 0 Å². The molecule has 2 rings (SSSR count). The Hall–Kier alpha value is -2.17. The topological polar surface area (TPSA) is 79.3 Å². The van der Waals surface area contributed by atoms with E-state index in [1.165, 1.54) is 12.3 Å². The maximum absolute atomic E-state index is 12.0. The first-order valence-electron chi connectivity index (χ1n) is 5.69. The van der Waals surface area contributed by atoms with Crippen molar-refractivity contribution in [2.45, 2.75) is 25.3 Å². The number of hydrogen-bond donors (Lipinski definition) is 2. The summed E-state index contributed by atoms with van der Waals surface area (Å²) in [7, 11) is 0. The number of nitrogens with zero attached hydrogens (tertiary/aromatic N) is 1. The number of amides is 1. The van der Waals surface area contributed by atoms with Crippen molar-refractivity contribution in [3.05, 3.63) is 35.7 Å². The van der Waals surface area contributed by atoms with Crippen LogP contribution in [0.15, 0.2) is 24.4 Å². The van der Waals surface area contributed by atoms with E-state index >= 15 is 0 Å². The summed E-state index contributed by atoms with van der Waals surface area (Å²) in [5, 5.41) is 11.5. The summed E-state index contributed by atoms with van der Waals surface area (Å²) in [4.78, 5) is 26.5. The maximum Gasteiger partial charge on any atom is 0.328 e. The third-order valence-electron chi connectivity index (χ3n) is 2.87. The van der Waals surface area contributed by atoms with Gasteiger partial charge in [0, 0.05) is 23.4 Å². The molecule has 0 unspecified atom stereocenters. The fourth-order valence-corrected chi connectivity index (χ4v) is 1.55. The summed E-state index contributed by atoms with van der Waals surface area (Å²) in [6.07, 6.45) is 5.81. The minimum absolute atomic E-state index is 0.123. The highest BCUT2D eigenvalue weighted by Crippen LogP contribution is 2.34. The second kappa shape index (κ2) is 4.60. The molecule has 0 radical (unpaired) electrons. The summed E-state index contributed by atoms with van der Waals surface area (Å²) in [5.41, 5.74) is 0.632. The van der Waals surface area contributed by atoms with Crippen molar-refractivity contribution >= 4 is 18.0 Å². The number of pyridine rings is 1. The van der Waals surface area contributed by atoms with Crippen molar-refractivity contribution < 1.29 is 14.7 Å². The molecule has 94 valence electrons. The summed E-state index contributed by atoms with van der Waals surface area (Å²) in [6.45, 7) is 1.97. The molecule has 2 N–H and O–H groups in total. The number of hydrogen-bond acceptors (Lipinski definition) is 3. The first-order valence-corrected chi connectivity index (χ1v) is 5.69. The van der Waals surface area contributed by atoms with E-state index in [1.807, 2.05) is 6.92 Å². The molecule has 5 heteroatoms. The molecule has 1 aromatic heterocycles. The van der Waals surface area contributed by atoms with Crippen LogP contribution in [0.1, 0.15) is 35.8 Å². The van der Waals surface area contributed by atoms with Crippen LogP contribution in [0, 0.1) is 0 Å². The minimum Gasteiger partial charge on any atom is -0.478 e. The zero-order chi connectivity index (χ0) is 13.2. The van der Waals surface area contributed by atoms with Crippen molar-refractivity contribution in [2.75, 3.05) is 0 Å². The number of rotatable bonds is 4. The number of carbonyl (C=O) groups excluding carboxylic acids is 1. The lowest BCUT2D eigenvalue weighted by molar-refractivity contribution is -0.131. The van der Waals surface area contributed by atoms with E-state index in [2.05, 4.69) is 10.3 Å². The molecule has 1 fully saturated rings. The zero-order valence-corrected chi connectivity index (χ0v) is 10.0. The van der Waals surface area contributed by atoms with E-state index < -0.39 is 5.97 Å². The van der Waals surface area contributed by atoms with Crippen LogP contribution in [0.25, 0.3) is 6.08 Å². The molecule has 0 aliphatic heterocycles. The molecule has 18 heavy (non-hydrogen) atoms. The van der Waals surface area contributed by atoms with Gasteiger partial charge in [0.1, 0.15) is 5.69 Å². The number of carboxylic acid groups (broad SMARTS) is 1. The van der Waals surface area contributed by atoms with E-state index in [4.69, 9.17) is 5.11 Å². The molecule has 0 saturated heterocycles. The van der Waals surface area contributed by atoms with Gasteiger partial charge >= 0.3 is 5.97 Å². The van der Waals surface area contributed by atoms with Crippen LogP contribution in [-0.4, -0.2) is 27.5 Å². The van der Waals surface area contributed by atoms with Crippen LogP contribution in [0.4, 0.5) is 0 Å². The van der Waals surface area contributed by atoms with Crippen LogP contribution in [-0.2, 0) is 4.79 Å². The molecular formula is C13H14N2O3. The van der Waals surface area contributed by atoms with Gasteiger partial charge in [0.2, 0.25) is 0 Å². The van der Waals surface area contributed by atoms with E-state index in [1.54, 1.807) is 12.1 Å². The lowest BCUT2D eigenvalue weighted by Gasteiger charge is -2.11. The van der Waals surface area contributed by atoms with E-state index in [-0.39, 0.29) is 17.1 Å². The van der Waals surface area contributed by atoms with Crippen LogP contribution in [0.3, 0.4) is 0 Å². The predicted octanol–water partition coefficient (Wildman–Crippen LogP) is 1.46. The van der Waals surface area contributed by atoms with Gasteiger partial charge in [-0.15, -0.1) is 0 Å². The minimum atomic E-state index is -1.06. The maximum atomic E-state index is 12.0. The molecule has 0 aromatic carbocycles. The molecule has 0 bridgehead atoms. The molecule has 0 spiro atoms. The van der Waals surface area contributed by atoms with Gasteiger partial charge in [-0.25, -0.2) is 4.79 Å². The Labute approximate surface area is 105 Å². The van der Waals surface area contributed by atoms with Gasteiger partial charge < -0.3 is 10.4 Å². The van der Waals surface area contributed by atoms with Gasteiger partial charge in [-0.2, -0.15) is 0 Å². The second-order valence-electron chi connectivity index (χ2n) is 4.63. The lowest BCUT2D eigenvalue weighted by Crippen LogP contribution is -2.35. The highest BCUT2D eigenvalue weighted by atomic mass is 16.4. The molecule has 1 aliphatic rings. The fraction of sp³-hybridized carbons (Fsp3) is 0.308. The Bertz CT molecular complexity index is 519. The largest absolute Gasteiger partial charge is 0.478 e. The van der Waals surface area contributed by atoms with Crippen LogP contribution >= 0.6 is 0 Å². The average Bonchev–Trinajstić information content (AvgIpc) is 3.04. The van der Waals surface area contributed by atoms with Crippen LogP contribution < -0.4 is 5.32 Å². The Balaban J connectivity index is 2.21. The third-order valence-corrected chi connectivity index (χ3v) is 2.87. The molecule has 1 aromatic rings. The molecule has 1 aliphatic carbocycles. The monoisotopic (exact) mass is 246 g/mol. The van der Waals surface area contributed by atoms with Crippen molar-refractivity contribution in [1.82, 2.24) is 10.3 Å². The van der Waals surface area contributed by atoms with Crippen LogP contribution in [0.5, 0.6) is 0 Å². The summed E-state index contributed by atoms with van der Waals surface area (Å²) in [6, 6.07) is 3.33. The molecule has 1 saturated carbocycles. The molecule has 1 heterocycles. The molecule has 5 nitrogen and oxygen atoms in total. The summed E-state index contributed by atoms with van der Waals surface area (Å²) < 4.78 is 0. The molecule has 1 amide bonds. The van der Waals surface area contributed by atoms with Crippen molar-refractivity contribution in [2.24, 2.45) is 0 Å². The number of carbonyl (C=O) groups is 2. The molecular weight excluding hydrogens is 232 g/mol. The Morgan fingerprint density at radius 1 is 1.50 bits per heavy atom. The highest BCUT2D eigenvalue weighted by Gasteiger charge is 2.39. The second-order valence-corrected chi connectivity index (χ2v) is 4.63. The highest BCUT2D eigenvalue weighted by molar-refractivity contribution is 5.97. The number of nitrogens with one attached hydrogen (secondary N) is 1. The first-order chi connectivity index (χ1) is 8.50. The standard InChI is InChI=1S/C13H14N2O3/c1-13(6-7-13)15-12(18)11-9(3-2-8-14-11)4-5-10(16)17/h2-5,8H,6-7H2,1H3,(H,15,18)(H,16,17)/b5-4+. The fourth-order valence-electron chi connectivity index (χ4n) is 1.55. The Kier molecular flexibility index (Phi) is 3.14. The average molecular weight is 246 g/mol. The number of carboxylic acids is 1.